The van der Waals surface area contributed by atoms with Crippen LogP contribution in [0, 0.1) is 0 Å². The van der Waals surface area contributed by atoms with Gasteiger partial charge in [0.2, 0.25) is 17.2 Å². The largest absolute Gasteiger partial charge is 0.505 e. The van der Waals surface area contributed by atoms with Crippen molar-refractivity contribution in [3.8, 4) is 5.75 Å². The summed E-state index contributed by atoms with van der Waals surface area (Å²) in [7, 11) is -12.8. The van der Waals surface area contributed by atoms with Crippen molar-refractivity contribution in [3.63, 3.8) is 0 Å². The molecule has 0 unspecified atom stereocenters. The molecule has 5 aromatic rings. The second-order valence-electron chi connectivity index (χ2n) is 11.2. The summed E-state index contributed by atoms with van der Waals surface area (Å²) < 4.78 is 99.4. The SMILES string of the molecule is C=CS(=O)(=O)c1cccc(N(CC)c2nc(Cl)nc(Nc3ccc(S(=O)(=O)O)c4cc(SOOO)c(N=Nc5cccc(S(=O)(=O)CCOSOOO)c5)c(O)c34)n2)c1. The number of halogens is 1. The fourth-order valence-electron chi connectivity index (χ4n) is 5.15. The molecule has 59 heavy (non-hydrogen) atoms. The van der Waals surface area contributed by atoms with Gasteiger partial charge in [-0.3, -0.25) is 8.74 Å². The summed E-state index contributed by atoms with van der Waals surface area (Å²) in [6.45, 7) is 4.92. The van der Waals surface area contributed by atoms with Crippen LogP contribution in [0.25, 0.3) is 10.8 Å². The summed E-state index contributed by atoms with van der Waals surface area (Å²) in [6.07, 6.45) is 0. The number of rotatable bonds is 20. The van der Waals surface area contributed by atoms with E-state index < -0.39 is 51.9 Å². The smallest absolute Gasteiger partial charge is 0.295 e. The van der Waals surface area contributed by atoms with Gasteiger partial charge in [-0.05, 0) is 73.1 Å². The van der Waals surface area contributed by atoms with Gasteiger partial charge in [0.25, 0.3) is 10.1 Å². The van der Waals surface area contributed by atoms with Gasteiger partial charge in [0.05, 0.1) is 55.8 Å². The number of nitrogens with zero attached hydrogens (tertiary/aromatic N) is 6. The van der Waals surface area contributed by atoms with E-state index in [9.17, 15) is 34.9 Å². The molecule has 0 saturated carbocycles. The van der Waals surface area contributed by atoms with Gasteiger partial charge in [0, 0.05) is 23.0 Å². The molecule has 0 aliphatic carbocycles. The number of benzene rings is 4. The molecule has 1 heterocycles. The Morgan fingerprint density at radius 1 is 0.932 bits per heavy atom. The van der Waals surface area contributed by atoms with E-state index in [-0.39, 0.29) is 91.5 Å². The molecule has 28 heteroatoms. The van der Waals surface area contributed by atoms with Crippen LogP contribution in [-0.2, 0) is 52.7 Å². The van der Waals surface area contributed by atoms with E-state index in [4.69, 9.17) is 26.3 Å². The highest BCUT2D eigenvalue weighted by Gasteiger charge is 2.25. The predicted octanol–water partition coefficient (Wildman–Crippen LogP) is 7.07. The van der Waals surface area contributed by atoms with E-state index in [1.54, 1.807) is 13.0 Å². The summed E-state index contributed by atoms with van der Waals surface area (Å²) in [4.78, 5) is 13.0. The normalized spacial score (nSPS) is 12.3. The van der Waals surface area contributed by atoms with Gasteiger partial charge in [-0.15, -0.1) is 13.8 Å². The Hall–Kier alpha value is -4.59. The summed E-state index contributed by atoms with van der Waals surface area (Å²) in [5, 5.41) is 46.6. The number of fused-ring (bicyclic) bond motifs is 1. The number of sulfone groups is 2. The third-order valence-electron chi connectivity index (χ3n) is 7.67. The first-order valence-electron chi connectivity index (χ1n) is 15.9. The highest BCUT2D eigenvalue weighted by atomic mass is 35.5. The molecule has 1 aromatic heterocycles. The monoisotopic (exact) mass is 933 g/mol. The maximum Gasteiger partial charge on any atom is 0.295 e. The number of hydrogen-bond acceptors (Lipinski definition) is 23. The van der Waals surface area contributed by atoms with E-state index >= 15 is 0 Å². The molecule has 314 valence electrons. The molecule has 0 aliphatic rings. The number of aromatic hydroxyl groups is 1. The predicted molar refractivity (Wildman–Crippen MR) is 212 cm³/mol. The minimum absolute atomic E-state index is 0.0429. The molecule has 4 aromatic carbocycles. The number of nitrogens with one attached hydrogen (secondary N) is 1. The Balaban J connectivity index is 1.60. The first-order valence-corrected chi connectivity index (χ1v) is 22.3. The summed E-state index contributed by atoms with van der Waals surface area (Å²) in [5.74, 6) is -1.61. The molecule has 0 fully saturated rings. The van der Waals surface area contributed by atoms with E-state index in [1.165, 1.54) is 41.3 Å². The van der Waals surface area contributed by atoms with Crippen molar-refractivity contribution in [1.29, 1.82) is 0 Å². The molecule has 22 nitrogen and oxygen atoms in total. The van der Waals surface area contributed by atoms with E-state index in [1.807, 2.05) is 0 Å². The van der Waals surface area contributed by atoms with Crippen LogP contribution in [0.5, 0.6) is 5.75 Å². The van der Waals surface area contributed by atoms with Gasteiger partial charge in [-0.25, -0.2) is 27.4 Å². The molecule has 0 saturated heterocycles. The Labute approximate surface area is 348 Å². The van der Waals surface area contributed by atoms with Gasteiger partial charge >= 0.3 is 0 Å². The zero-order valence-corrected chi connectivity index (χ0v) is 34.5. The Morgan fingerprint density at radius 2 is 1.66 bits per heavy atom. The zero-order chi connectivity index (χ0) is 43.0. The van der Waals surface area contributed by atoms with Crippen molar-refractivity contribution in [1.82, 2.24) is 15.0 Å². The lowest BCUT2D eigenvalue weighted by atomic mass is 10.1. The van der Waals surface area contributed by atoms with Gasteiger partial charge in [0.1, 0.15) is 10.6 Å². The second kappa shape index (κ2) is 19.6. The van der Waals surface area contributed by atoms with Crippen molar-refractivity contribution in [2.24, 2.45) is 10.2 Å². The summed E-state index contributed by atoms with van der Waals surface area (Å²) >= 11 is 6.74. The number of phenols is 1. The minimum Gasteiger partial charge on any atom is -0.505 e. The van der Waals surface area contributed by atoms with Gasteiger partial charge in [-0.2, -0.15) is 28.5 Å². The average molecular weight is 934 g/mol. The first kappa shape index (κ1) is 45.5. The molecular formula is C31H28ClN7O15S5. The highest BCUT2D eigenvalue weighted by Crippen LogP contribution is 2.48. The maximum absolute atomic E-state index is 12.9. The van der Waals surface area contributed by atoms with Gasteiger partial charge < -0.3 is 15.3 Å². The maximum atomic E-state index is 12.9. The van der Waals surface area contributed by atoms with Crippen LogP contribution in [0.3, 0.4) is 0 Å². The molecule has 0 spiro atoms. The highest BCUT2D eigenvalue weighted by molar-refractivity contribution is 7.95. The van der Waals surface area contributed by atoms with Crippen LogP contribution in [0.15, 0.2) is 109 Å². The molecule has 0 aliphatic heterocycles. The fourth-order valence-corrected chi connectivity index (χ4v) is 8.66. The molecule has 0 atom stereocenters. The van der Waals surface area contributed by atoms with Crippen molar-refractivity contribution >= 4 is 111 Å². The zero-order valence-electron chi connectivity index (χ0n) is 29.6. The molecule has 5 N–H and O–H groups in total. The minimum atomic E-state index is -4.98. The first-order chi connectivity index (χ1) is 28.0. The second-order valence-corrected chi connectivity index (χ2v) is 18.1. The van der Waals surface area contributed by atoms with Gasteiger partial charge in [-0.1, -0.05) is 28.8 Å². The van der Waals surface area contributed by atoms with Crippen LogP contribution in [0.4, 0.5) is 34.6 Å². The molecule has 5 rings (SSSR count). The van der Waals surface area contributed by atoms with E-state index in [0.717, 1.165) is 29.7 Å². The van der Waals surface area contributed by atoms with Crippen LogP contribution in [0.2, 0.25) is 5.28 Å². The Kier molecular flexibility index (Phi) is 15.2. The number of aromatic nitrogens is 3. The summed E-state index contributed by atoms with van der Waals surface area (Å²) in [6, 6.07) is 14.3. The van der Waals surface area contributed by atoms with Gasteiger partial charge in [0.15, 0.2) is 37.7 Å². The van der Waals surface area contributed by atoms with Crippen LogP contribution in [0.1, 0.15) is 6.92 Å². The number of azo groups is 1. The Morgan fingerprint density at radius 3 is 2.36 bits per heavy atom. The number of hydrogen-bond donors (Lipinski definition) is 5. The van der Waals surface area contributed by atoms with E-state index in [2.05, 4.69) is 55.8 Å². The Bertz CT molecular complexity index is 2730. The average Bonchev–Trinajstić information content (AvgIpc) is 3.19. The fraction of sp³-hybridized carbons (Fsp3) is 0.129. The molecule has 0 bridgehead atoms. The topological polar surface area (TPSA) is 308 Å². The van der Waals surface area contributed by atoms with Crippen molar-refractivity contribution in [2.45, 2.75) is 26.5 Å². The van der Waals surface area contributed by atoms with Crippen LogP contribution < -0.4 is 10.2 Å². The number of phenolic OH excluding ortho intramolecular Hbond substituents is 1. The van der Waals surface area contributed by atoms with Crippen molar-refractivity contribution in [2.75, 3.05) is 29.1 Å². The standard InChI is InChI=1S/C31H28ClN7O15S5/c1-3-39(19-8-6-10-21(16-19)57(43,44)4-2)31-35-29(32)34-30(36-31)33-23-11-12-25(59(47,48)49)22-17-24(55-53-51-41)27(28(40)26(22)23)38-37-18-7-5-9-20(15-18)58(45,46)14-13-50-56-54-52-42/h4-12,15-17,40-42H,2-3,13-14H2,1H3,(H,47,48,49)(H,33,34,35,36). The summed E-state index contributed by atoms with van der Waals surface area (Å²) in [5.41, 5.74) is -0.203. The van der Waals surface area contributed by atoms with Crippen molar-refractivity contribution in [3.05, 3.63) is 84.0 Å². The number of anilines is 4. The third-order valence-corrected chi connectivity index (χ3v) is 12.8. The lowest BCUT2D eigenvalue weighted by Gasteiger charge is -2.22. The van der Waals surface area contributed by atoms with Crippen LogP contribution in [-0.4, -0.2) is 79.3 Å². The van der Waals surface area contributed by atoms with E-state index in [0.29, 0.717) is 5.69 Å². The molecule has 0 radical (unpaired) electrons. The van der Waals surface area contributed by atoms with Crippen molar-refractivity contribution < 1.29 is 68.4 Å². The molecular weight excluding hydrogens is 906 g/mol. The quantitative estimate of drug-likeness (QED) is 0.0130. The third kappa shape index (κ3) is 11.2. The van der Waals surface area contributed by atoms with Crippen LogP contribution >= 0.6 is 36.0 Å². The molecule has 0 amide bonds. The lowest BCUT2D eigenvalue weighted by Crippen LogP contribution is -2.20. The lowest BCUT2D eigenvalue weighted by molar-refractivity contribution is -0.434.